The average Bonchev–Trinajstić information content (AvgIpc) is 3.25. The number of piperazine rings is 1. The highest BCUT2D eigenvalue weighted by molar-refractivity contribution is 6.01. The van der Waals surface area contributed by atoms with E-state index in [1.54, 1.807) is 0 Å². The van der Waals surface area contributed by atoms with E-state index in [1.165, 1.54) is 0 Å². The summed E-state index contributed by atoms with van der Waals surface area (Å²) < 4.78 is 6.14. The molecule has 1 amide bonds. The van der Waals surface area contributed by atoms with Crippen molar-refractivity contribution in [1.82, 2.24) is 15.2 Å². The molecule has 6 nitrogen and oxygen atoms in total. The third-order valence-corrected chi connectivity index (χ3v) is 5.75. The van der Waals surface area contributed by atoms with Gasteiger partial charge in [-0.1, -0.05) is 42.5 Å². The molecule has 1 aromatic heterocycles. The lowest BCUT2D eigenvalue weighted by molar-refractivity contribution is -0.124. The minimum absolute atomic E-state index is 0.00380. The maximum Gasteiger partial charge on any atom is 0.234 e. The fraction of sp³-hybridized carbons (Fsp3) is 0.240. The highest BCUT2D eigenvalue weighted by Gasteiger charge is 2.20. The number of ether oxygens (including phenoxy) is 1. The molecule has 1 saturated heterocycles. The van der Waals surface area contributed by atoms with E-state index in [2.05, 4.69) is 46.7 Å². The summed E-state index contributed by atoms with van der Waals surface area (Å²) in [4.78, 5) is 16.8. The molecule has 0 bridgehead atoms. The molecule has 2 heterocycles. The SMILES string of the molecule is O=C1CN(CC(O)COc2ccc3ccccc3c2-c2ccc3cc[nH]c3c2)CCN1. The van der Waals surface area contributed by atoms with E-state index >= 15 is 0 Å². The first-order valence-electron chi connectivity index (χ1n) is 10.6. The summed E-state index contributed by atoms with van der Waals surface area (Å²) in [7, 11) is 0. The van der Waals surface area contributed by atoms with Crippen molar-refractivity contribution < 1.29 is 14.6 Å². The van der Waals surface area contributed by atoms with Crippen LogP contribution in [0.4, 0.5) is 0 Å². The molecular formula is C25H25N3O3. The number of aromatic nitrogens is 1. The van der Waals surface area contributed by atoms with Crippen molar-refractivity contribution in [2.75, 3.05) is 32.8 Å². The van der Waals surface area contributed by atoms with Gasteiger partial charge in [-0.05, 0) is 39.9 Å². The molecule has 0 radical (unpaired) electrons. The summed E-state index contributed by atoms with van der Waals surface area (Å²) in [6, 6.07) is 20.6. The zero-order valence-corrected chi connectivity index (χ0v) is 17.2. The highest BCUT2D eigenvalue weighted by atomic mass is 16.5. The first kappa shape index (κ1) is 19.6. The van der Waals surface area contributed by atoms with E-state index in [-0.39, 0.29) is 12.5 Å². The van der Waals surface area contributed by atoms with Crippen LogP contribution in [-0.2, 0) is 4.79 Å². The summed E-state index contributed by atoms with van der Waals surface area (Å²) in [5.74, 6) is 0.732. The molecule has 4 aromatic rings. The topological polar surface area (TPSA) is 77.6 Å². The number of benzene rings is 3. The minimum atomic E-state index is -0.684. The maximum atomic E-state index is 11.6. The van der Waals surface area contributed by atoms with Crippen LogP contribution in [0.5, 0.6) is 5.75 Å². The second-order valence-electron chi connectivity index (χ2n) is 7.99. The molecule has 1 fully saturated rings. The standard InChI is InChI=1S/C25H25N3O3/c29-20(14-28-12-11-27-24(30)15-28)16-31-23-8-7-17-3-1-2-4-21(17)25(23)19-6-5-18-9-10-26-22(18)13-19/h1-10,13,20,26,29H,11-12,14-16H2,(H,27,30). The van der Waals surface area contributed by atoms with Crippen LogP contribution in [0.15, 0.2) is 66.9 Å². The molecule has 1 unspecified atom stereocenters. The number of β-amino-alcohol motifs (C(OH)–C–C–N with tert-alkyl or cyclic N) is 1. The maximum absolute atomic E-state index is 11.6. The third kappa shape index (κ3) is 4.13. The molecule has 0 saturated carbocycles. The summed E-state index contributed by atoms with van der Waals surface area (Å²) in [5, 5.41) is 16.7. The third-order valence-electron chi connectivity index (χ3n) is 5.75. The van der Waals surface area contributed by atoms with Gasteiger partial charge in [0.2, 0.25) is 5.91 Å². The van der Waals surface area contributed by atoms with Crippen molar-refractivity contribution in [2.45, 2.75) is 6.10 Å². The molecule has 6 heteroatoms. The van der Waals surface area contributed by atoms with Gasteiger partial charge < -0.3 is 20.1 Å². The largest absolute Gasteiger partial charge is 0.490 e. The predicted molar refractivity (Wildman–Crippen MR) is 122 cm³/mol. The summed E-state index contributed by atoms with van der Waals surface area (Å²) in [6.45, 7) is 2.23. The molecule has 0 aliphatic carbocycles. The van der Waals surface area contributed by atoms with Gasteiger partial charge in [0.05, 0.1) is 6.54 Å². The van der Waals surface area contributed by atoms with Crippen molar-refractivity contribution in [3.8, 4) is 16.9 Å². The van der Waals surface area contributed by atoms with Crippen molar-refractivity contribution in [3.63, 3.8) is 0 Å². The smallest absolute Gasteiger partial charge is 0.234 e. The van der Waals surface area contributed by atoms with Gasteiger partial charge in [0.1, 0.15) is 18.5 Å². The van der Waals surface area contributed by atoms with Crippen LogP contribution in [0, 0.1) is 0 Å². The van der Waals surface area contributed by atoms with Gasteiger partial charge in [0.15, 0.2) is 0 Å². The summed E-state index contributed by atoms with van der Waals surface area (Å²) in [5.41, 5.74) is 3.14. The Hall–Kier alpha value is -3.35. The van der Waals surface area contributed by atoms with E-state index in [0.717, 1.165) is 45.1 Å². The lowest BCUT2D eigenvalue weighted by atomic mass is 9.96. The number of fused-ring (bicyclic) bond motifs is 2. The molecule has 1 atom stereocenters. The number of amides is 1. The summed E-state index contributed by atoms with van der Waals surface area (Å²) >= 11 is 0. The van der Waals surface area contributed by atoms with E-state index < -0.39 is 6.10 Å². The first-order chi connectivity index (χ1) is 15.2. The number of hydrogen-bond donors (Lipinski definition) is 3. The number of carbonyl (C=O) groups is 1. The number of nitrogens with one attached hydrogen (secondary N) is 2. The number of aliphatic hydroxyl groups is 1. The van der Waals surface area contributed by atoms with Crippen LogP contribution >= 0.6 is 0 Å². The molecule has 158 valence electrons. The molecule has 5 rings (SSSR count). The van der Waals surface area contributed by atoms with E-state index in [9.17, 15) is 9.90 Å². The second-order valence-corrected chi connectivity index (χ2v) is 7.99. The van der Waals surface area contributed by atoms with Gasteiger partial charge in [-0.15, -0.1) is 0 Å². The quantitative estimate of drug-likeness (QED) is 0.452. The molecule has 1 aliphatic heterocycles. The van der Waals surface area contributed by atoms with Gasteiger partial charge in [-0.3, -0.25) is 9.69 Å². The Bertz CT molecular complexity index is 1230. The van der Waals surface area contributed by atoms with Crippen LogP contribution < -0.4 is 10.1 Å². The van der Waals surface area contributed by atoms with Gasteiger partial charge in [0, 0.05) is 36.9 Å². The van der Waals surface area contributed by atoms with Crippen molar-refractivity contribution in [3.05, 3.63) is 66.9 Å². The zero-order chi connectivity index (χ0) is 21.2. The van der Waals surface area contributed by atoms with E-state index in [4.69, 9.17) is 4.74 Å². The lowest BCUT2D eigenvalue weighted by Gasteiger charge is -2.28. The number of nitrogens with zero attached hydrogens (tertiary/aromatic N) is 1. The van der Waals surface area contributed by atoms with E-state index in [1.807, 2.05) is 35.4 Å². The van der Waals surface area contributed by atoms with Crippen molar-refractivity contribution in [1.29, 1.82) is 0 Å². The van der Waals surface area contributed by atoms with Gasteiger partial charge in [-0.2, -0.15) is 0 Å². The normalized spacial score (nSPS) is 15.8. The fourth-order valence-corrected chi connectivity index (χ4v) is 4.26. The van der Waals surface area contributed by atoms with Crippen LogP contribution in [0.2, 0.25) is 0 Å². The lowest BCUT2D eigenvalue weighted by Crippen LogP contribution is -2.50. The average molecular weight is 415 g/mol. The highest BCUT2D eigenvalue weighted by Crippen LogP contribution is 2.38. The second kappa shape index (κ2) is 8.41. The molecule has 3 aromatic carbocycles. The Labute approximate surface area is 180 Å². The van der Waals surface area contributed by atoms with Crippen LogP contribution in [-0.4, -0.2) is 59.8 Å². The molecule has 3 N–H and O–H groups in total. The number of rotatable bonds is 6. The van der Waals surface area contributed by atoms with Crippen molar-refractivity contribution in [2.24, 2.45) is 0 Å². The Balaban J connectivity index is 1.43. The van der Waals surface area contributed by atoms with Crippen LogP contribution in [0.25, 0.3) is 32.8 Å². The zero-order valence-electron chi connectivity index (χ0n) is 17.2. The van der Waals surface area contributed by atoms with E-state index in [0.29, 0.717) is 19.6 Å². The Kier molecular flexibility index (Phi) is 5.32. The Morgan fingerprint density at radius 1 is 1.06 bits per heavy atom. The number of H-pyrrole nitrogens is 1. The number of hydrogen-bond acceptors (Lipinski definition) is 4. The Morgan fingerprint density at radius 2 is 1.94 bits per heavy atom. The summed E-state index contributed by atoms with van der Waals surface area (Å²) in [6.07, 6.45) is 1.25. The molecule has 1 aliphatic rings. The van der Waals surface area contributed by atoms with Crippen LogP contribution in [0.3, 0.4) is 0 Å². The number of carbonyl (C=O) groups excluding carboxylic acids is 1. The van der Waals surface area contributed by atoms with Gasteiger partial charge in [0.25, 0.3) is 0 Å². The molecular weight excluding hydrogens is 390 g/mol. The minimum Gasteiger partial charge on any atom is -0.490 e. The number of aliphatic hydroxyl groups excluding tert-OH is 1. The monoisotopic (exact) mass is 415 g/mol. The molecule has 31 heavy (non-hydrogen) atoms. The Morgan fingerprint density at radius 3 is 2.84 bits per heavy atom. The fourth-order valence-electron chi connectivity index (χ4n) is 4.26. The van der Waals surface area contributed by atoms with Gasteiger partial charge in [-0.25, -0.2) is 0 Å². The predicted octanol–water partition coefficient (Wildman–Crippen LogP) is 3.16. The van der Waals surface area contributed by atoms with Crippen LogP contribution in [0.1, 0.15) is 0 Å². The van der Waals surface area contributed by atoms with Gasteiger partial charge >= 0.3 is 0 Å². The first-order valence-corrected chi connectivity index (χ1v) is 10.6. The number of aromatic amines is 1. The molecule has 0 spiro atoms. The van der Waals surface area contributed by atoms with Crippen molar-refractivity contribution >= 4 is 27.6 Å².